The number of anilines is 1. The first-order chi connectivity index (χ1) is 16.0. The van der Waals surface area contributed by atoms with Gasteiger partial charge in [-0.05, 0) is 66.9 Å². The molecule has 0 saturated carbocycles. The quantitative estimate of drug-likeness (QED) is 0.455. The molecule has 0 aliphatic rings. The van der Waals surface area contributed by atoms with Gasteiger partial charge in [0.25, 0.3) is 0 Å². The van der Waals surface area contributed by atoms with Crippen molar-refractivity contribution in [1.29, 1.82) is 0 Å². The second kappa shape index (κ2) is 10.4. The number of hydrogen-bond acceptors (Lipinski definition) is 4. The Balaban J connectivity index is 1.66. The van der Waals surface area contributed by atoms with E-state index in [4.69, 9.17) is 5.11 Å². The van der Waals surface area contributed by atoms with E-state index >= 15 is 0 Å². The van der Waals surface area contributed by atoms with Gasteiger partial charge in [0.1, 0.15) is 0 Å². The highest BCUT2D eigenvalue weighted by Gasteiger charge is 2.26. The monoisotopic (exact) mass is 482 g/mol. The molecule has 0 aromatic heterocycles. The summed E-state index contributed by atoms with van der Waals surface area (Å²) < 4.78 is 27.7. The van der Waals surface area contributed by atoms with Gasteiger partial charge in [0.15, 0.2) is 0 Å². The Morgan fingerprint density at radius 2 is 1.68 bits per heavy atom. The van der Waals surface area contributed by atoms with Crippen molar-refractivity contribution in [2.75, 3.05) is 18.4 Å². The lowest BCUT2D eigenvalue weighted by Gasteiger charge is -2.23. The first-order valence-electron chi connectivity index (χ1n) is 11.2. The highest BCUT2D eigenvalue weighted by Crippen LogP contribution is 2.23. The number of fused-ring (bicyclic) bond motifs is 1. The SMILES string of the molecule is CCN(CCC(C)C(=O)Nc1ccc2cc(C(=O)O)ccc2c1)S(=O)(=O)c1ccc(C)cc1C. The molecule has 3 aromatic rings. The van der Waals surface area contributed by atoms with E-state index in [0.29, 0.717) is 29.1 Å². The topological polar surface area (TPSA) is 104 Å². The average Bonchev–Trinajstić information content (AvgIpc) is 2.78. The molecule has 0 aliphatic heterocycles. The van der Waals surface area contributed by atoms with Crippen LogP contribution in [0.5, 0.6) is 0 Å². The van der Waals surface area contributed by atoms with E-state index in [1.54, 1.807) is 63.2 Å². The summed E-state index contributed by atoms with van der Waals surface area (Å²) in [4.78, 5) is 24.2. The number of aryl methyl sites for hydroxylation is 2. The fraction of sp³-hybridized carbons (Fsp3) is 0.308. The van der Waals surface area contributed by atoms with Gasteiger partial charge in [-0.15, -0.1) is 0 Å². The molecular formula is C26H30N2O5S. The van der Waals surface area contributed by atoms with Gasteiger partial charge in [-0.2, -0.15) is 4.31 Å². The van der Waals surface area contributed by atoms with Crippen LogP contribution in [0.3, 0.4) is 0 Å². The van der Waals surface area contributed by atoms with E-state index in [1.165, 1.54) is 10.4 Å². The zero-order valence-corrected chi connectivity index (χ0v) is 20.6. The van der Waals surface area contributed by atoms with Crippen molar-refractivity contribution < 1.29 is 23.1 Å². The van der Waals surface area contributed by atoms with Crippen molar-refractivity contribution in [3.05, 3.63) is 71.3 Å². The number of carboxylic acids is 1. The van der Waals surface area contributed by atoms with Gasteiger partial charge in [0, 0.05) is 24.7 Å². The molecule has 0 spiro atoms. The number of carbonyl (C=O) groups excluding carboxylic acids is 1. The third kappa shape index (κ3) is 5.63. The van der Waals surface area contributed by atoms with Crippen LogP contribution < -0.4 is 5.32 Å². The lowest BCUT2D eigenvalue weighted by atomic mass is 10.0. The zero-order valence-electron chi connectivity index (χ0n) is 19.8. The van der Waals surface area contributed by atoms with E-state index in [9.17, 15) is 18.0 Å². The van der Waals surface area contributed by atoms with Gasteiger partial charge in [-0.25, -0.2) is 13.2 Å². The molecule has 7 nitrogen and oxygen atoms in total. The molecule has 0 heterocycles. The zero-order chi connectivity index (χ0) is 25.0. The second-order valence-electron chi connectivity index (χ2n) is 8.53. The summed E-state index contributed by atoms with van der Waals surface area (Å²) in [6.07, 6.45) is 0.374. The standard InChI is InChI=1S/C26H30N2O5S/c1-5-28(34(32,33)24-11-6-17(2)14-19(24)4)13-12-18(3)25(29)27-23-10-9-20-15-22(26(30)31)8-7-21(20)16-23/h6-11,14-16,18H,5,12-13H2,1-4H3,(H,27,29)(H,30,31). The van der Waals surface area contributed by atoms with Crippen molar-refractivity contribution in [1.82, 2.24) is 4.31 Å². The predicted molar refractivity (Wildman–Crippen MR) is 134 cm³/mol. The molecule has 0 aliphatic carbocycles. The maximum absolute atomic E-state index is 13.1. The minimum Gasteiger partial charge on any atom is -0.478 e. The molecule has 180 valence electrons. The summed E-state index contributed by atoms with van der Waals surface area (Å²) in [6, 6.07) is 15.4. The summed E-state index contributed by atoms with van der Waals surface area (Å²) >= 11 is 0. The van der Waals surface area contributed by atoms with Crippen LogP contribution in [0.1, 0.15) is 41.8 Å². The molecule has 1 unspecified atom stereocenters. The third-order valence-corrected chi connectivity index (χ3v) is 8.05. The fourth-order valence-electron chi connectivity index (χ4n) is 3.87. The maximum atomic E-state index is 13.1. The second-order valence-corrected chi connectivity index (χ2v) is 10.4. The van der Waals surface area contributed by atoms with E-state index in [1.807, 2.05) is 13.0 Å². The van der Waals surface area contributed by atoms with Crippen LogP contribution in [-0.2, 0) is 14.8 Å². The smallest absolute Gasteiger partial charge is 0.335 e. The molecule has 3 aromatic carbocycles. The van der Waals surface area contributed by atoms with Gasteiger partial charge in [-0.1, -0.05) is 43.7 Å². The number of hydrogen-bond donors (Lipinski definition) is 2. The van der Waals surface area contributed by atoms with E-state index in [-0.39, 0.29) is 18.0 Å². The van der Waals surface area contributed by atoms with E-state index < -0.39 is 21.9 Å². The number of nitrogens with one attached hydrogen (secondary N) is 1. The fourth-order valence-corrected chi connectivity index (χ4v) is 5.54. The number of sulfonamides is 1. The largest absolute Gasteiger partial charge is 0.478 e. The average molecular weight is 483 g/mol. The van der Waals surface area contributed by atoms with Gasteiger partial charge < -0.3 is 10.4 Å². The summed E-state index contributed by atoms with van der Waals surface area (Å²) in [6.45, 7) is 7.81. The number of rotatable bonds is 9. The molecule has 1 atom stereocenters. The van der Waals surface area contributed by atoms with Crippen LogP contribution in [0, 0.1) is 19.8 Å². The van der Waals surface area contributed by atoms with E-state index in [0.717, 1.165) is 16.3 Å². The lowest BCUT2D eigenvalue weighted by Crippen LogP contribution is -2.34. The normalized spacial score (nSPS) is 12.6. The highest BCUT2D eigenvalue weighted by molar-refractivity contribution is 7.89. The van der Waals surface area contributed by atoms with Crippen LogP contribution in [0.15, 0.2) is 59.5 Å². The number of nitrogens with zero attached hydrogens (tertiary/aromatic N) is 1. The van der Waals surface area contributed by atoms with Gasteiger partial charge in [0.2, 0.25) is 15.9 Å². The highest BCUT2D eigenvalue weighted by atomic mass is 32.2. The van der Waals surface area contributed by atoms with Crippen LogP contribution in [0.25, 0.3) is 10.8 Å². The van der Waals surface area contributed by atoms with Gasteiger partial charge in [-0.3, -0.25) is 4.79 Å². The first-order valence-corrected chi connectivity index (χ1v) is 12.6. The molecule has 0 bridgehead atoms. The Bertz CT molecular complexity index is 1330. The lowest BCUT2D eigenvalue weighted by molar-refractivity contribution is -0.119. The van der Waals surface area contributed by atoms with Crippen LogP contribution >= 0.6 is 0 Å². The number of amides is 1. The predicted octanol–water partition coefficient (Wildman–Crippen LogP) is 4.83. The number of aromatic carboxylic acids is 1. The summed E-state index contributed by atoms with van der Waals surface area (Å²) in [5, 5.41) is 13.6. The number of carbonyl (C=O) groups is 2. The first kappa shape index (κ1) is 25.4. The third-order valence-electron chi connectivity index (χ3n) is 5.91. The van der Waals surface area contributed by atoms with Gasteiger partial charge >= 0.3 is 5.97 Å². The summed E-state index contributed by atoms with van der Waals surface area (Å²) in [5.74, 6) is -1.61. The van der Waals surface area contributed by atoms with Gasteiger partial charge in [0.05, 0.1) is 10.5 Å². The Hall–Kier alpha value is -3.23. The van der Waals surface area contributed by atoms with Crippen molar-refractivity contribution in [2.24, 2.45) is 5.92 Å². The molecule has 0 fully saturated rings. The van der Waals surface area contributed by atoms with Crippen LogP contribution in [0.4, 0.5) is 5.69 Å². The van der Waals surface area contributed by atoms with Crippen LogP contribution in [-0.4, -0.2) is 42.8 Å². The summed E-state index contributed by atoms with van der Waals surface area (Å²) in [5.41, 5.74) is 2.51. The Labute approximate surface area is 200 Å². The molecular weight excluding hydrogens is 452 g/mol. The minimum atomic E-state index is -3.65. The Morgan fingerprint density at radius 3 is 2.32 bits per heavy atom. The number of benzene rings is 3. The minimum absolute atomic E-state index is 0.203. The molecule has 8 heteroatoms. The Morgan fingerprint density at radius 1 is 1.00 bits per heavy atom. The molecule has 2 N–H and O–H groups in total. The molecule has 0 saturated heterocycles. The van der Waals surface area contributed by atoms with E-state index in [2.05, 4.69) is 5.32 Å². The maximum Gasteiger partial charge on any atom is 0.335 e. The number of carboxylic acid groups (broad SMARTS) is 1. The van der Waals surface area contributed by atoms with Crippen molar-refractivity contribution >= 4 is 38.4 Å². The van der Waals surface area contributed by atoms with Crippen molar-refractivity contribution in [3.63, 3.8) is 0 Å². The van der Waals surface area contributed by atoms with Crippen molar-refractivity contribution in [3.8, 4) is 0 Å². The molecule has 1 amide bonds. The van der Waals surface area contributed by atoms with Crippen molar-refractivity contribution in [2.45, 2.75) is 39.0 Å². The summed E-state index contributed by atoms with van der Waals surface area (Å²) in [7, 11) is -3.65. The molecule has 3 rings (SSSR count). The Kier molecular flexibility index (Phi) is 7.74. The molecule has 34 heavy (non-hydrogen) atoms. The van der Waals surface area contributed by atoms with Crippen LogP contribution in [0.2, 0.25) is 0 Å². The molecule has 0 radical (unpaired) electrons.